The quantitative estimate of drug-likeness (QED) is 0.464. The maximum absolute atomic E-state index is 14.0. The van der Waals surface area contributed by atoms with Crippen LogP contribution in [-0.4, -0.2) is 49.8 Å². The molecular formula is C28H29BrN4O3. The number of amides is 3. The minimum Gasteiger partial charge on any atom is -0.340 e. The van der Waals surface area contributed by atoms with Crippen LogP contribution in [-0.2, 0) is 4.79 Å². The standard InChI is InChI=1S/C28H29BrN4O3/c1-18-7-9-19(10-8-18)25-17-26(34)31-23-16-21(27(35)32(3)14-13-30-2)11-12-24(23)33(25)28(36)20-5-4-6-22(29)15-20/h4-12,15-16,25,30H,13-14,17H2,1-3H3,(H,31,34). The van der Waals surface area contributed by atoms with Crippen molar-refractivity contribution in [3.05, 3.63) is 93.5 Å². The average Bonchev–Trinajstić information content (AvgIpc) is 3.01. The van der Waals surface area contributed by atoms with Crippen LogP contribution in [0.15, 0.2) is 71.2 Å². The van der Waals surface area contributed by atoms with Crippen LogP contribution >= 0.6 is 15.9 Å². The van der Waals surface area contributed by atoms with Gasteiger partial charge in [-0.15, -0.1) is 0 Å². The number of anilines is 2. The van der Waals surface area contributed by atoms with Gasteiger partial charge in [0.15, 0.2) is 0 Å². The highest BCUT2D eigenvalue weighted by molar-refractivity contribution is 9.10. The lowest BCUT2D eigenvalue weighted by molar-refractivity contribution is -0.116. The van der Waals surface area contributed by atoms with E-state index in [1.165, 1.54) is 0 Å². The van der Waals surface area contributed by atoms with E-state index >= 15 is 0 Å². The van der Waals surface area contributed by atoms with Crippen LogP contribution in [0.1, 0.15) is 44.3 Å². The van der Waals surface area contributed by atoms with Crippen molar-refractivity contribution in [2.24, 2.45) is 0 Å². The van der Waals surface area contributed by atoms with Gasteiger partial charge in [-0.25, -0.2) is 0 Å². The number of nitrogens with one attached hydrogen (secondary N) is 2. The van der Waals surface area contributed by atoms with E-state index in [2.05, 4.69) is 26.6 Å². The number of halogens is 1. The fourth-order valence-electron chi connectivity index (χ4n) is 4.28. The molecule has 2 N–H and O–H groups in total. The number of hydrogen-bond donors (Lipinski definition) is 2. The number of carbonyl (C=O) groups excluding carboxylic acids is 3. The summed E-state index contributed by atoms with van der Waals surface area (Å²) in [6, 6.07) is 19.6. The van der Waals surface area contributed by atoms with Gasteiger partial charge in [-0.3, -0.25) is 19.3 Å². The third kappa shape index (κ3) is 5.50. The second-order valence-electron chi connectivity index (χ2n) is 8.93. The average molecular weight is 549 g/mol. The molecule has 0 aromatic heterocycles. The van der Waals surface area contributed by atoms with Crippen LogP contribution < -0.4 is 15.5 Å². The van der Waals surface area contributed by atoms with Crippen molar-refractivity contribution >= 4 is 45.0 Å². The molecule has 4 rings (SSSR count). The number of likely N-dealkylation sites (N-methyl/N-ethyl adjacent to an activating group) is 2. The molecule has 3 amide bonds. The molecule has 186 valence electrons. The molecule has 1 aliphatic heterocycles. The van der Waals surface area contributed by atoms with Crippen molar-refractivity contribution in [1.82, 2.24) is 10.2 Å². The van der Waals surface area contributed by atoms with E-state index in [9.17, 15) is 14.4 Å². The first kappa shape index (κ1) is 25.6. The van der Waals surface area contributed by atoms with E-state index in [-0.39, 0.29) is 24.1 Å². The van der Waals surface area contributed by atoms with Crippen molar-refractivity contribution in [2.75, 3.05) is 37.4 Å². The summed E-state index contributed by atoms with van der Waals surface area (Å²) in [7, 11) is 3.57. The van der Waals surface area contributed by atoms with Crippen LogP contribution in [0.5, 0.6) is 0 Å². The van der Waals surface area contributed by atoms with Gasteiger partial charge in [0.05, 0.1) is 23.8 Å². The van der Waals surface area contributed by atoms with Gasteiger partial charge in [0, 0.05) is 35.7 Å². The molecule has 1 aliphatic rings. The molecule has 0 fully saturated rings. The zero-order valence-corrected chi connectivity index (χ0v) is 22.1. The van der Waals surface area contributed by atoms with E-state index in [4.69, 9.17) is 0 Å². The van der Waals surface area contributed by atoms with Crippen molar-refractivity contribution in [2.45, 2.75) is 19.4 Å². The molecule has 8 heteroatoms. The van der Waals surface area contributed by atoms with Crippen molar-refractivity contribution in [3.63, 3.8) is 0 Å². The Labute approximate surface area is 219 Å². The predicted octanol–water partition coefficient (Wildman–Crippen LogP) is 4.78. The molecule has 1 heterocycles. The molecule has 1 unspecified atom stereocenters. The largest absolute Gasteiger partial charge is 0.340 e. The second kappa shape index (κ2) is 11.1. The van der Waals surface area contributed by atoms with Crippen LogP contribution in [0, 0.1) is 6.92 Å². The van der Waals surface area contributed by atoms with Crippen LogP contribution in [0.25, 0.3) is 0 Å². The third-order valence-electron chi connectivity index (χ3n) is 6.26. The summed E-state index contributed by atoms with van der Waals surface area (Å²) >= 11 is 3.45. The second-order valence-corrected chi connectivity index (χ2v) is 9.84. The molecule has 0 saturated carbocycles. The molecule has 3 aromatic carbocycles. The van der Waals surface area contributed by atoms with Gasteiger partial charge >= 0.3 is 0 Å². The lowest BCUT2D eigenvalue weighted by Gasteiger charge is -2.31. The van der Waals surface area contributed by atoms with E-state index in [0.717, 1.165) is 15.6 Å². The van der Waals surface area contributed by atoms with Gasteiger partial charge in [0.2, 0.25) is 5.91 Å². The summed E-state index contributed by atoms with van der Waals surface area (Å²) in [6.45, 7) is 3.20. The Morgan fingerprint density at radius 3 is 2.53 bits per heavy atom. The minimum absolute atomic E-state index is 0.0861. The monoisotopic (exact) mass is 548 g/mol. The normalized spacial score (nSPS) is 15.1. The molecule has 0 aliphatic carbocycles. The van der Waals surface area contributed by atoms with Crippen molar-refractivity contribution in [3.8, 4) is 0 Å². The highest BCUT2D eigenvalue weighted by Crippen LogP contribution is 2.40. The van der Waals surface area contributed by atoms with Crippen LogP contribution in [0.3, 0.4) is 0 Å². The molecule has 0 bridgehead atoms. The van der Waals surface area contributed by atoms with Gasteiger partial charge in [-0.1, -0.05) is 51.8 Å². The number of fused-ring (bicyclic) bond motifs is 1. The minimum atomic E-state index is -0.516. The maximum atomic E-state index is 14.0. The predicted molar refractivity (Wildman–Crippen MR) is 145 cm³/mol. The topological polar surface area (TPSA) is 81.8 Å². The zero-order chi connectivity index (χ0) is 25.8. The number of benzene rings is 3. The van der Waals surface area contributed by atoms with Crippen LogP contribution in [0.2, 0.25) is 0 Å². The molecular weight excluding hydrogens is 520 g/mol. The Bertz CT molecular complexity index is 1290. The third-order valence-corrected chi connectivity index (χ3v) is 6.76. The highest BCUT2D eigenvalue weighted by atomic mass is 79.9. The molecule has 3 aromatic rings. The Morgan fingerprint density at radius 1 is 1.08 bits per heavy atom. The van der Waals surface area contributed by atoms with E-state index in [1.807, 2.05) is 50.4 Å². The van der Waals surface area contributed by atoms with Gasteiger partial charge in [0.1, 0.15) is 0 Å². The first-order valence-corrected chi connectivity index (χ1v) is 12.6. The van der Waals surface area contributed by atoms with Gasteiger partial charge < -0.3 is 15.5 Å². The molecule has 0 radical (unpaired) electrons. The molecule has 0 spiro atoms. The molecule has 0 saturated heterocycles. The fraction of sp³-hybridized carbons (Fsp3) is 0.250. The maximum Gasteiger partial charge on any atom is 0.258 e. The first-order chi connectivity index (χ1) is 17.3. The van der Waals surface area contributed by atoms with Gasteiger partial charge in [-0.2, -0.15) is 0 Å². The summed E-state index contributed by atoms with van der Waals surface area (Å²) in [5.41, 5.74) is 3.87. The van der Waals surface area contributed by atoms with Crippen molar-refractivity contribution < 1.29 is 14.4 Å². The van der Waals surface area contributed by atoms with Crippen LogP contribution in [0.4, 0.5) is 11.4 Å². The van der Waals surface area contributed by atoms with E-state index in [1.54, 1.807) is 47.2 Å². The number of hydrogen-bond acceptors (Lipinski definition) is 4. The number of carbonyl (C=O) groups is 3. The Hall–Kier alpha value is -3.49. The SMILES string of the molecule is CNCCN(C)C(=O)c1ccc2c(c1)NC(=O)CC(c1ccc(C)cc1)N2C(=O)c1cccc(Br)c1. The smallest absolute Gasteiger partial charge is 0.258 e. The fourth-order valence-corrected chi connectivity index (χ4v) is 4.68. The number of aryl methyl sites for hydroxylation is 1. The Balaban J connectivity index is 1.82. The zero-order valence-electron chi connectivity index (χ0n) is 20.5. The lowest BCUT2D eigenvalue weighted by atomic mass is 9.99. The Kier molecular flexibility index (Phi) is 7.86. The summed E-state index contributed by atoms with van der Waals surface area (Å²) in [4.78, 5) is 43.3. The van der Waals surface area contributed by atoms with Gasteiger partial charge in [0.25, 0.3) is 11.8 Å². The summed E-state index contributed by atoms with van der Waals surface area (Å²) in [5, 5.41) is 5.97. The van der Waals surface area contributed by atoms with Crippen molar-refractivity contribution in [1.29, 1.82) is 0 Å². The van der Waals surface area contributed by atoms with E-state index in [0.29, 0.717) is 35.6 Å². The molecule has 7 nitrogen and oxygen atoms in total. The molecule has 36 heavy (non-hydrogen) atoms. The summed E-state index contributed by atoms with van der Waals surface area (Å²) in [5.74, 6) is -0.615. The number of nitrogens with zero attached hydrogens (tertiary/aromatic N) is 2. The lowest BCUT2D eigenvalue weighted by Crippen LogP contribution is -2.35. The van der Waals surface area contributed by atoms with Gasteiger partial charge in [-0.05, 0) is 55.9 Å². The highest BCUT2D eigenvalue weighted by Gasteiger charge is 2.34. The van der Waals surface area contributed by atoms with E-state index < -0.39 is 6.04 Å². The Morgan fingerprint density at radius 2 is 1.83 bits per heavy atom. The number of rotatable bonds is 6. The molecule has 1 atom stereocenters. The summed E-state index contributed by atoms with van der Waals surface area (Å²) < 4.78 is 0.787. The summed E-state index contributed by atoms with van der Waals surface area (Å²) in [6.07, 6.45) is 0.0861. The first-order valence-electron chi connectivity index (χ1n) is 11.8.